The van der Waals surface area contributed by atoms with Gasteiger partial charge < -0.3 is 71.1 Å². The Morgan fingerprint density at radius 3 is 2.07 bits per heavy atom. The molecule has 3 fully saturated rings. The van der Waals surface area contributed by atoms with Crippen LogP contribution in [0.1, 0.15) is 52.9 Å². The number of aliphatic hydroxyl groups excluding tert-OH is 9. The lowest BCUT2D eigenvalue weighted by molar-refractivity contribution is -0.387. The Bertz CT molecular complexity index is 1040. The number of ether oxygens (including phenoxy) is 1. The predicted molar refractivity (Wildman–Crippen MR) is 146 cm³/mol. The highest BCUT2D eigenvalue weighted by Crippen LogP contribution is 2.62. The summed E-state index contributed by atoms with van der Waals surface area (Å²) in [5, 5.41) is 143. The van der Waals surface area contributed by atoms with Crippen molar-refractivity contribution in [3.05, 3.63) is 11.3 Å². The summed E-state index contributed by atoms with van der Waals surface area (Å²) in [7, 11) is 1.36. The van der Waals surface area contributed by atoms with Gasteiger partial charge in [0.1, 0.15) is 29.2 Å². The van der Waals surface area contributed by atoms with E-state index in [-0.39, 0.29) is 24.7 Å². The van der Waals surface area contributed by atoms with Crippen LogP contribution in [0.3, 0.4) is 0 Å². The number of aliphatic hydroxyl groups is 13. The first kappa shape index (κ1) is 34.9. The van der Waals surface area contributed by atoms with E-state index in [2.05, 4.69) is 0 Å². The van der Waals surface area contributed by atoms with Gasteiger partial charge in [0.25, 0.3) is 0 Å². The van der Waals surface area contributed by atoms with Crippen molar-refractivity contribution in [2.75, 3.05) is 7.11 Å². The van der Waals surface area contributed by atoms with Crippen LogP contribution in [0, 0.1) is 41.4 Å². The Balaban J connectivity index is 1.66. The number of rotatable bonds is 8. The van der Waals surface area contributed by atoms with Gasteiger partial charge in [-0.05, 0) is 49.4 Å². The molecule has 0 aliphatic heterocycles. The normalized spacial score (nSPS) is 48.9. The summed E-state index contributed by atoms with van der Waals surface area (Å²) in [6.45, 7) is 5.27. The zero-order valence-corrected chi connectivity index (χ0v) is 24.9. The van der Waals surface area contributed by atoms with E-state index in [0.29, 0.717) is 12.8 Å². The smallest absolute Gasteiger partial charge is 0.180 e. The van der Waals surface area contributed by atoms with Gasteiger partial charge in [-0.3, -0.25) is 0 Å². The van der Waals surface area contributed by atoms with Crippen LogP contribution in [0.15, 0.2) is 11.3 Å². The fourth-order valence-corrected chi connectivity index (χ4v) is 9.13. The van der Waals surface area contributed by atoms with E-state index in [4.69, 9.17) is 4.74 Å². The van der Waals surface area contributed by atoms with Crippen LogP contribution in [0.5, 0.6) is 0 Å². The van der Waals surface area contributed by atoms with Gasteiger partial charge in [-0.2, -0.15) is 0 Å². The van der Waals surface area contributed by atoms with Crippen molar-refractivity contribution in [1.82, 2.24) is 0 Å². The molecule has 43 heavy (non-hydrogen) atoms. The average molecular weight is 623 g/mol. The maximum atomic E-state index is 12.0. The van der Waals surface area contributed by atoms with Crippen molar-refractivity contribution in [3.63, 3.8) is 0 Å². The highest BCUT2D eigenvalue weighted by Gasteiger charge is 2.80. The van der Waals surface area contributed by atoms with Crippen LogP contribution < -0.4 is 0 Å². The third-order valence-corrected chi connectivity index (χ3v) is 11.6. The van der Waals surface area contributed by atoms with Crippen LogP contribution in [-0.4, -0.2) is 140 Å². The van der Waals surface area contributed by atoms with Gasteiger partial charge in [-0.1, -0.05) is 20.8 Å². The lowest BCUT2D eigenvalue weighted by atomic mass is 9.42. The maximum absolute atomic E-state index is 12.0. The van der Waals surface area contributed by atoms with Crippen LogP contribution in [-0.2, 0) is 4.74 Å². The number of hydrogen-bond donors (Lipinski definition) is 13. The van der Waals surface area contributed by atoms with Crippen LogP contribution in [0.2, 0.25) is 0 Å². The first-order chi connectivity index (χ1) is 19.8. The quantitative estimate of drug-likeness (QED) is 0.119. The fraction of sp³-hybridized carbons (Fsp3) is 0.931. The maximum Gasteiger partial charge on any atom is 0.180 e. The molecule has 4 rings (SSSR count). The SMILES string of the molecule is COC(O)C(CC(O)CC1CCC2C(C1O)C(O)C1C(O)C3(O)C(O)C(C(O)O)=C(O)CC3(O)C(O)C1(O)C2C)C(C)C. The van der Waals surface area contributed by atoms with Gasteiger partial charge >= 0.3 is 0 Å². The topological polar surface area (TPSA) is 272 Å². The zero-order chi connectivity index (χ0) is 32.6. The summed E-state index contributed by atoms with van der Waals surface area (Å²) < 4.78 is 5.04. The van der Waals surface area contributed by atoms with Crippen molar-refractivity contribution < 1.29 is 71.1 Å². The Kier molecular flexibility index (Phi) is 9.73. The third kappa shape index (κ3) is 4.98. The molecule has 13 N–H and O–H groups in total. The van der Waals surface area contributed by atoms with Crippen LogP contribution >= 0.6 is 0 Å². The second-order valence-electron chi connectivity index (χ2n) is 13.9. The highest BCUT2D eigenvalue weighted by atomic mass is 16.6. The molecular weight excluding hydrogens is 572 g/mol. The zero-order valence-electron chi connectivity index (χ0n) is 24.9. The standard InChI is InChI=1S/C29H50O14/c1-10(2)15(25(38)43-4)8-13(30)7-12-5-6-14-11(3)28(41)19(21(33)17(14)20(12)32)23(35)29(42)22(34)18(24(36)37)16(31)9-27(29,40)26(28)39/h10-15,17,19-26,30-42H,5-9H2,1-4H3. The predicted octanol–water partition coefficient (Wildman–Crippen LogP) is -3.19. The summed E-state index contributed by atoms with van der Waals surface area (Å²) in [5.74, 6) is -6.44. The summed E-state index contributed by atoms with van der Waals surface area (Å²) in [4.78, 5) is 0. The van der Waals surface area contributed by atoms with E-state index in [1.165, 1.54) is 14.0 Å². The molecule has 0 aromatic rings. The van der Waals surface area contributed by atoms with E-state index < -0.39 is 113 Å². The lowest BCUT2D eigenvalue weighted by Crippen LogP contribution is -2.88. The van der Waals surface area contributed by atoms with Crippen molar-refractivity contribution in [2.45, 2.75) is 119 Å². The van der Waals surface area contributed by atoms with E-state index in [1.54, 1.807) is 0 Å². The van der Waals surface area contributed by atoms with Gasteiger partial charge in [0.05, 0.1) is 30.0 Å². The van der Waals surface area contributed by atoms with Crippen LogP contribution in [0.4, 0.5) is 0 Å². The molecule has 0 bridgehead atoms. The van der Waals surface area contributed by atoms with Gasteiger partial charge in [0.2, 0.25) is 0 Å². The van der Waals surface area contributed by atoms with Gasteiger partial charge in [0, 0.05) is 31.3 Å². The molecule has 0 amide bonds. The second-order valence-corrected chi connectivity index (χ2v) is 13.9. The van der Waals surface area contributed by atoms with E-state index >= 15 is 0 Å². The molecule has 4 aliphatic rings. The second kappa shape index (κ2) is 12.0. The average Bonchev–Trinajstić information content (AvgIpc) is 2.92. The monoisotopic (exact) mass is 622 g/mol. The van der Waals surface area contributed by atoms with Crippen molar-refractivity contribution >= 4 is 0 Å². The largest absolute Gasteiger partial charge is 0.512 e. The van der Waals surface area contributed by atoms with E-state index in [9.17, 15) is 66.4 Å². The highest BCUT2D eigenvalue weighted by molar-refractivity contribution is 5.38. The Morgan fingerprint density at radius 2 is 1.53 bits per heavy atom. The van der Waals surface area contributed by atoms with Crippen molar-refractivity contribution in [1.29, 1.82) is 0 Å². The summed E-state index contributed by atoms with van der Waals surface area (Å²) in [5.41, 5.74) is -9.58. The van der Waals surface area contributed by atoms with E-state index in [0.717, 1.165) is 0 Å². The summed E-state index contributed by atoms with van der Waals surface area (Å²) in [6.07, 6.45) is -15.0. The van der Waals surface area contributed by atoms with Gasteiger partial charge in [-0.15, -0.1) is 0 Å². The molecule has 0 heterocycles. The van der Waals surface area contributed by atoms with Gasteiger partial charge in [0.15, 0.2) is 18.2 Å². The third-order valence-electron chi connectivity index (χ3n) is 11.6. The van der Waals surface area contributed by atoms with Crippen LogP contribution in [0.25, 0.3) is 0 Å². The minimum atomic E-state index is -3.19. The lowest BCUT2D eigenvalue weighted by Gasteiger charge is -2.69. The summed E-state index contributed by atoms with van der Waals surface area (Å²) >= 11 is 0. The Morgan fingerprint density at radius 1 is 0.930 bits per heavy atom. The first-order valence-corrected chi connectivity index (χ1v) is 15.1. The molecule has 16 atom stereocenters. The number of methoxy groups -OCH3 is 1. The molecule has 0 spiro atoms. The molecular formula is C29H50O14. The molecule has 0 saturated heterocycles. The van der Waals surface area contributed by atoms with E-state index in [1.807, 2.05) is 13.8 Å². The first-order valence-electron chi connectivity index (χ1n) is 15.1. The van der Waals surface area contributed by atoms with Crippen molar-refractivity contribution in [2.24, 2.45) is 41.4 Å². The minimum Gasteiger partial charge on any atom is -0.512 e. The van der Waals surface area contributed by atoms with Crippen molar-refractivity contribution in [3.8, 4) is 0 Å². The summed E-state index contributed by atoms with van der Waals surface area (Å²) in [6, 6.07) is 0. The molecule has 0 aromatic carbocycles. The Hall–Kier alpha value is -0.980. The number of hydrogen-bond acceptors (Lipinski definition) is 14. The minimum absolute atomic E-state index is 0.0213. The molecule has 14 nitrogen and oxygen atoms in total. The van der Waals surface area contributed by atoms with Gasteiger partial charge in [-0.25, -0.2) is 0 Å². The molecule has 0 aromatic heterocycles. The Labute approximate surface area is 250 Å². The molecule has 3 saturated carbocycles. The molecule has 14 heteroatoms. The molecule has 4 aliphatic carbocycles. The fourth-order valence-electron chi connectivity index (χ4n) is 9.13. The number of fused-ring (bicyclic) bond motifs is 3. The molecule has 250 valence electrons. The molecule has 0 radical (unpaired) electrons. The molecule has 16 unspecified atom stereocenters.